The summed E-state index contributed by atoms with van der Waals surface area (Å²) in [5.74, 6) is 0.129. The van der Waals surface area contributed by atoms with Crippen LogP contribution in [0.25, 0.3) is 5.82 Å². The van der Waals surface area contributed by atoms with Gasteiger partial charge in [0.15, 0.2) is 0 Å². The number of carbonyl (C=O) groups is 3. The number of nitrogens with zero attached hydrogens (tertiary/aromatic N) is 4. The van der Waals surface area contributed by atoms with Crippen molar-refractivity contribution in [2.24, 2.45) is 11.8 Å². The lowest BCUT2D eigenvalue weighted by atomic mass is 9.94. The van der Waals surface area contributed by atoms with Crippen molar-refractivity contribution in [1.29, 1.82) is 0 Å². The standard InChI is InChI=1S/C28H40N4O6/c1-18-10-11-22(29-14-18)31-16-21(30-17-31)28(23(33)36-9)13-20(28)12-19(2)15-32(24(34)37-26(3,4)5)25(35)38-27(6,7)8/h10-11,14,16-17,19-20H,12-13,15H2,1-9H3/t19-,20-,28+/m1/s1. The first-order chi connectivity index (χ1) is 17.6. The van der Waals surface area contributed by atoms with Crippen LogP contribution >= 0.6 is 0 Å². The second kappa shape index (κ2) is 10.7. The fourth-order valence-corrected chi connectivity index (χ4v) is 4.49. The number of aromatic nitrogens is 3. The van der Waals surface area contributed by atoms with Crippen molar-refractivity contribution >= 4 is 18.2 Å². The van der Waals surface area contributed by atoms with Crippen molar-refractivity contribution in [3.05, 3.63) is 42.1 Å². The molecule has 1 aliphatic rings. The molecule has 38 heavy (non-hydrogen) atoms. The molecular weight excluding hydrogens is 488 g/mol. The van der Waals surface area contributed by atoms with Crippen LogP contribution in [0.3, 0.4) is 0 Å². The van der Waals surface area contributed by atoms with Crippen molar-refractivity contribution in [1.82, 2.24) is 19.4 Å². The average Bonchev–Trinajstić information content (AvgIpc) is 3.28. The van der Waals surface area contributed by atoms with Crippen LogP contribution in [0.4, 0.5) is 9.59 Å². The molecule has 0 aromatic carbocycles. The third kappa shape index (κ3) is 6.90. The minimum atomic E-state index is -0.887. The zero-order chi connectivity index (χ0) is 28.5. The maximum Gasteiger partial charge on any atom is 0.419 e. The smallest absolute Gasteiger partial charge is 0.419 e. The number of imidazole rings is 1. The lowest BCUT2D eigenvalue weighted by molar-refractivity contribution is -0.144. The third-order valence-electron chi connectivity index (χ3n) is 6.26. The van der Waals surface area contributed by atoms with E-state index in [4.69, 9.17) is 14.2 Å². The van der Waals surface area contributed by atoms with Gasteiger partial charge in [0.05, 0.1) is 12.8 Å². The number of carbonyl (C=O) groups excluding carboxylic acids is 3. The number of pyridine rings is 1. The molecule has 0 saturated heterocycles. The first-order valence-electron chi connectivity index (χ1n) is 12.8. The SMILES string of the molecule is COC(=O)[C@@]1(c2cn(-c3ccc(C)cn3)cn2)C[C@H]1C[C@@H](C)CN(C(=O)OC(C)(C)C)C(=O)OC(C)(C)C. The Bertz CT molecular complexity index is 1130. The number of ether oxygens (including phenoxy) is 3. The number of esters is 1. The first kappa shape index (κ1) is 29.1. The Morgan fingerprint density at radius 3 is 2.18 bits per heavy atom. The summed E-state index contributed by atoms with van der Waals surface area (Å²) in [6, 6.07) is 3.85. The van der Waals surface area contributed by atoms with E-state index in [1.54, 1.807) is 58.6 Å². The molecule has 10 heteroatoms. The number of aryl methyl sites for hydroxylation is 1. The molecule has 2 aromatic rings. The van der Waals surface area contributed by atoms with Gasteiger partial charge in [-0.2, -0.15) is 0 Å². The summed E-state index contributed by atoms with van der Waals surface area (Å²) in [7, 11) is 1.37. The van der Waals surface area contributed by atoms with Crippen LogP contribution in [0.1, 0.15) is 72.6 Å². The minimum Gasteiger partial charge on any atom is -0.468 e. The second-order valence-electron chi connectivity index (χ2n) is 12.1. The summed E-state index contributed by atoms with van der Waals surface area (Å²) < 4.78 is 17.9. The molecule has 1 saturated carbocycles. The molecule has 1 aliphatic carbocycles. The zero-order valence-electron chi connectivity index (χ0n) is 23.9. The highest BCUT2D eigenvalue weighted by Crippen LogP contribution is 2.57. The number of amides is 2. The van der Waals surface area contributed by atoms with Crippen LogP contribution in [0, 0.1) is 18.8 Å². The Hall–Kier alpha value is -3.43. The molecule has 0 N–H and O–H groups in total. The van der Waals surface area contributed by atoms with Crippen LogP contribution < -0.4 is 0 Å². The van der Waals surface area contributed by atoms with E-state index in [0.29, 0.717) is 24.4 Å². The van der Waals surface area contributed by atoms with E-state index < -0.39 is 28.8 Å². The van der Waals surface area contributed by atoms with Gasteiger partial charge in [-0.1, -0.05) is 13.0 Å². The topological polar surface area (TPSA) is 113 Å². The fourth-order valence-electron chi connectivity index (χ4n) is 4.49. The van der Waals surface area contributed by atoms with Gasteiger partial charge in [-0.05, 0) is 84.8 Å². The molecule has 10 nitrogen and oxygen atoms in total. The van der Waals surface area contributed by atoms with Gasteiger partial charge in [-0.25, -0.2) is 24.5 Å². The van der Waals surface area contributed by atoms with Gasteiger partial charge in [0.25, 0.3) is 0 Å². The Kier molecular flexibility index (Phi) is 8.24. The highest BCUT2D eigenvalue weighted by atomic mass is 16.6. The molecule has 3 rings (SSSR count). The average molecular weight is 529 g/mol. The number of methoxy groups -OCH3 is 1. The van der Waals surface area contributed by atoms with Crippen molar-refractivity contribution < 1.29 is 28.6 Å². The third-order valence-corrected chi connectivity index (χ3v) is 6.26. The number of hydrogen-bond donors (Lipinski definition) is 0. The summed E-state index contributed by atoms with van der Waals surface area (Å²) in [4.78, 5) is 48.7. The number of imide groups is 1. The summed E-state index contributed by atoms with van der Waals surface area (Å²) >= 11 is 0. The molecule has 2 aromatic heterocycles. The summed E-state index contributed by atoms with van der Waals surface area (Å²) in [6.07, 6.45) is 4.81. The molecule has 0 aliphatic heterocycles. The maximum atomic E-state index is 13.0. The van der Waals surface area contributed by atoms with Gasteiger partial charge in [-0.3, -0.25) is 9.36 Å². The molecule has 3 atom stereocenters. The molecule has 2 heterocycles. The van der Waals surface area contributed by atoms with Gasteiger partial charge >= 0.3 is 18.2 Å². The monoisotopic (exact) mass is 528 g/mol. The van der Waals surface area contributed by atoms with E-state index >= 15 is 0 Å². The predicted octanol–water partition coefficient (Wildman–Crippen LogP) is 5.20. The van der Waals surface area contributed by atoms with Crippen LogP contribution in [-0.4, -0.2) is 62.4 Å². The van der Waals surface area contributed by atoms with Gasteiger partial charge < -0.3 is 14.2 Å². The molecule has 0 unspecified atom stereocenters. The van der Waals surface area contributed by atoms with Crippen molar-refractivity contribution in [2.75, 3.05) is 13.7 Å². The van der Waals surface area contributed by atoms with Crippen LogP contribution in [0.5, 0.6) is 0 Å². The molecule has 2 amide bonds. The highest BCUT2D eigenvalue weighted by Gasteiger charge is 2.63. The van der Waals surface area contributed by atoms with Gasteiger partial charge in [-0.15, -0.1) is 0 Å². The van der Waals surface area contributed by atoms with Gasteiger partial charge in [0.2, 0.25) is 0 Å². The van der Waals surface area contributed by atoms with E-state index in [1.807, 2.05) is 32.2 Å². The molecule has 208 valence electrons. The Balaban J connectivity index is 1.77. The molecule has 0 spiro atoms. The van der Waals surface area contributed by atoms with E-state index in [0.717, 1.165) is 10.5 Å². The second-order valence-corrected chi connectivity index (χ2v) is 12.1. The van der Waals surface area contributed by atoms with Crippen LogP contribution in [0.15, 0.2) is 30.9 Å². The Labute approximate surface area is 224 Å². The zero-order valence-corrected chi connectivity index (χ0v) is 23.9. The molecule has 1 fully saturated rings. The quantitative estimate of drug-likeness (QED) is 0.356. The van der Waals surface area contributed by atoms with Gasteiger partial charge in [0, 0.05) is 18.9 Å². The largest absolute Gasteiger partial charge is 0.468 e. The number of rotatable bonds is 7. The number of hydrogen-bond acceptors (Lipinski definition) is 8. The lowest BCUT2D eigenvalue weighted by Crippen LogP contribution is -2.45. The van der Waals surface area contributed by atoms with E-state index in [-0.39, 0.29) is 24.3 Å². The maximum absolute atomic E-state index is 13.0. The van der Waals surface area contributed by atoms with Crippen LogP contribution in [-0.2, 0) is 24.4 Å². The fraction of sp³-hybridized carbons (Fsp3) is 0.607. The van der Waals surface area contributed by atoms with Crippen molar-refractivity contribution in [2.45, 2.75) is 84.8 Å². The van der Waals surface area contributed by atoms with Crippen LogP contribution in [0.2, 0.25) is 0 Å². The summed E-state index contributed by atoms with van der Waals surface area (Å²) in [5.41, 5.74) is -0.783. The Morgan fingerprint density at radius 1 is 1.08 bits per heavy atom. The molecule has 0 radical (unpaired) electrons. The minimum absolute atomic E-state index is 0.0709. The van der Waals surface area contributed by atoms with Gasteiger partial charge in [0.1, 0.15) is 28.8 Å². The molecular formula is C28H40N4O6. The first-order valence-corrected chi connectivity index (χ1v) is 12.8. The highest BCUT2D eigenvalue weighted by molar-refractivity contribution is 5.88. The Morgan fingerprint density at radius 2 is 1.68 bits per heavy atom. The summed E-state index contributed by atoms with van der Waals surface area (Å²) in [6.45, 7) is 14.4. The van der Waals surface area contributed by atoms with Crippen molar-refractivity contribution in [3.63, 3.8) is 0 Å². The van der Waals surface area contributed by atoms with Crippen molar-refractivity contribution in [3.8, 4) is 5.82 Å². The van der Waals surface area contributed by atoms with E-state index in [2.05, 4.69) is 9.97 Å². The van der Waals surface area contributed by atoms with E-state index in [9.17, 15) is 14.4 Å². The molecule has 0 bridgehead atoms. The van der Waals surface area contributed by atoms with E-state index in [1.165, 1.54) is 7.11 Å². The normalized spacial score (nSPS) is 19.9. The predicted molar refractivity (Wildman–Crippen MR) is 141 cm³/mol. The lowest BCUT2D eigenvalue weighted by Gasteiger charge is -2.30. The summed E-state index contributed by atoms with van der Waals surface area (Å²) in [5, 5.41) is 0.